The van der Waals surface area contributed by atoms with Crippen LogP contribution in [0.3, 0.4) is 0 Å². The number of allylic oxidation sites excluding steroid dienone is 3. The summed E-state index contributed by atoms with van der Waals surface area (Å²) in [4.78, 5) is 29.9. The summed E-state index contributed by atoms with van der Waals surface area (Å²) in [6.07, 6.45) is 10.1. The molecule has 0 amide bonds. The molecule has 28 heavy (non-hydrogen) atoms. The summed E-state index contributed by atoms with van der Waals surface area (Å²) in [5.74, 6) is 2.17. The number of nitrogens with one attached hydrogen (secondary N) is 1. The molecule has 0 bridgehead atoms. The number of hydrogen-bond acceptors (Lipinski definition) is 4. The second kappa shape index (κ2) is 6.80. The van der Waals surface area contributed by atoms with Crippen LogP contribution in [0.2, 0.25) is 0 Å². The molecule has 3 saturated carbocycles. The molecule has 0 aromatic carbocycles. The van der Waals surface area contributed by atoms with Crippen LogP contribution in [0.25, 0.3) is 0 Å². The lowest BCUT2D eigenvalue weighted by Crippen LogP contribution is -2.49. The predicted octanol–water partition coefficient (Wildman–Crippen LogP) is 4.41. The van der Waals surface area contributed by atoms with Gasteiger partial charge in [0.05, 0.1) is 0 Å². The van der Waals surface area contributed by atoms with Crippen molar-refractivity contribution in [1.29, 1.82) is 0 Å². The van der Waals surface area contributed by atoms with Crippen molar-refractivity contribution in [2.24, 2.45) is 28.6 Å². The highest BCUT2D eigenvalue weighted by molar-refractivity contribution is 7.46. The van der Waals surface area contributed by atoms with Crippen LogP contribution >= 0.6 is 7.82 Å². The van der Waals surface area contributed by atoms with Gasteiger partial charge in [0.25, 0.3) is 0 Å². The molecular weight excluding hydrogens is 377 g/mol. The van der Waals surface area contributed by atoms with Crippen LogP contribution in [-0.2, 0) is 14.0 Å². The largest absolute Gasteiger partial charge is 0.491 e. The fourth-order valence-electron chi connectivity index (χ4n) is 7.18. The summed E-state index contributed by atoms with van der Waals surface area (Å²) >= 11 is 0. The molecule has 0 unspecified atom stereocenters. The van der Waals surface area contributed by atoms with Gasteiger partial charge >= 0.3 is 7.82 Å². The first kappa shape index (κ1) is 20.3. The van der Waals surface area contributed by atoms with Crippen LogP contribution in [0.1, 0.15) is 72.1 Å². The number of phosphoric acid groups is 1. The number of carbonyl (C=O) groups excluding carboxylic acids is 1. The van der Waals surface area contributed by atoms with Crippen molar-refractivity contribution >= 4 is 13.6 Å². The van der Waals surface area contributed by atoms with Crippen LogP contribution in [0.15, 0.2) is 22.9 Å². The van der Waals surface area contributed by atoms with Gasteiger partial charge in [-0.25, -0.2) is 4.57 Å². The third kappa shape index (κ3) is 3.23. The molecular formula is C21H32NO5P. The first-order valence-corrected chi connectivity index (χ1v) is 12.0. The minimum absolute atomic E-state index is 0.0541. The molecule has 6 nitrogen and oxygen atoms in total. The Morgan fingerprint density at radius 3 is 2.54 bits per heavy atom. The number of hydroxylamine groups is 1. The van der Waals surface area contributed by atoms with Gasteiger partial charge in [0, 0.05) is 12.1 Å². The number of rotatable bonds is 3. The van der Waals surface area contributed by atoms with Crippen LogP contribution in [0.5, 0.6) is 0 Å². The maximum absolute atomic E-state index is 11.9. The third-order valence-corrected chi connectivity index (χ3v) is 8.85. The molecule has 3 fully saturated rings. The third-order valence-electron chi connectivity index (χ3n) is 8.52. The smallest absolute Gasteiger partial charge is 0.301 e. The fraction of sp³-hybridized carbons (Fsp3) is 0.762. The van der Waals surface area contributed by atoms with Crippen molar-refractivity contribution in [2.75, 3.05) is 0 Å². The molecule has 0 radical (unpaired) electrons. The van der Waals surface area contributed by atoms with Crippen molar-refractivity contribution in [2.45, 2.75) is 72.1 Å². The maximum atomic E-state index is 11.9. The first-order chi connectivity index (χ1) is 13.0. The zero-order valence-corrected chi connectivity index (χ0v) is 17.9. The summed E-state index contributed by atoms with van der Waals surface area (Å²) in [7, 11) is -4.55. The highest BCUT2D eigenvalue weighted by Crippen LogP contribution is 2.66. The molecule has 4 rings (SSSR count). The van der Waals surface area contributed by atoms with Crippen LogP contribution in [-0.4, -0.2) is 15.6 Å². The topological polar surface area (TPSA) is 95.9 Å². The highest BCUT2D eigenvalue weighted by Gasteiger charge is 2.57. The van der Waals surface area contributed by atoms with E-state index >= 15 is 0 Å². The zero-order chi connectivity index (χ0) is 20.3. The molecule has 0 aliphatic heterocycles. The second-order valence-electron chi connectivity index (χ2n) is 9.75. The van der Waals surface area contributed by atoms with Gasteiger partial charge < -0.3 is 9.79 Å². The van der Waals surface area contributed by atoms with E-state index in [9.17, 15) is 9.36 Å². The minimum Gasteiger partial charge on any atom is -0.301 e. The first-order valence-electron chi connectivity index (χ1n) is 10.5. The predicted molar refractivity (Wildman–Crippen MR) is 106 cm³/mol. The lowest BCUT2D eigenvalue weighted by atomic mass is 9.47. The normalized spacial score (nSPS) is 42.2. The number of carbonyl (C=O) groups is 1. The van der Waals surface area contributed by atoms with Gasteiger partial charge in [-0.1, -0.05) is 19.4 Å². The lowest BCUT2D eigenvalue weighted by Gasteiger charge is -2.57. The molecule has 4 aliphatic rings. The Bertz CT molecular complexity index is 799. The Morgan fingerprint density at radius 1 is 1.11 bits per heavy atom. The molecule has 7 heteroatoms. The van der Waals surface area contributed by atoms with Gasteiger partial charge in [-0.2, -0.15) is 4.62 Å². The molecule has 3 N–H and O–H groups in total. The molecule has 0 aromatic heterocycles. The van der Waals surface area contributed by atoms with Crippen molar-refractivity contribution in [3.8, 4) is 0 Å². The summed E-state index contributed by atoms with van der Waals surface area (Å²) in [5, 5.41) is 0. The molecule has 5 atom stereocenters. The molecule has 0 spiro atoms. The average Bonchev–Trinajstić information content (AvgIpc) is 2.97. The Labute approximate surface area is 167 Å². The average molecular weight is 409 g/mol. The van der Waals surface area contributed by atoms with Crippen molar-refractivity contribution in [3.63, 3.8) is 0 Å². The molecule has 0 heterocycles. The summed E-state index contributed by atoms with van der Waals surface area (Å²) in [6, 6.07) is 0. The molecule has 4 aliphatic carbocycles. The van der Waals surface area contributed by atoms with Gasteiger partial charge in [0.1, 0.15) is 0 Å². The van der Waals surface area contributed by atoms with Crippen molar-refractivity contribution in [3.05, 3.63) is 22.9 Å². The van der Waals surface area contributed by atoms with Gasteiger partial charge in [-0.15, -0.1) is 0 Å². The highest BCUT2D eigenvalue weighted by atomic mass is 31.2. The Morgan fingerprint density at radius 2 is 1.82 bits per heavy atom. The number of hydrogen-bond donors (Lipinski definition) is 3. The maximum Gasteiger partial charge on any atom is 0.491 e. The Kier molecular flexibility index (Phi) is 4.94. The van der Waals surface area contributed by atoms with E-state index in [1.165, 1.54) is 11.1 Å². The fourth-order valence-corrected chi connectivity index (χ4v) is 7.43. The van der Waals surface area contributed by atoms with Crippen molar-refractivity contribution in [1.82, 2.24) is 5.48 Å². The van der Waals surface area contributed by atoms with E-state index < -0.39 is 7.82 Å². The van der Waals surface area contributed by atoms with E-state index in [1.54, 1.807) is 0 Å². The summed E-state index contributed by atoms with van der Waals surface area (Å²) < 4.78 is 15.6. The quantitative estimate of drug-likeness (QED) is 0.472. The van der Waals surface area contributed by atoms with E-state index in [4.69, 9.17) is 9.79 Å². The number of fused-ring (bicyclic) bond motifs is 5. The van der Waals surface area contributed by atoms with Crippen LogP contribution in [0, 0.1) is 28.6 Å². The monoisotopic (exact) mass is 409 g/mol. The van der Waals surface area contributed by atoms with E-state index in [1.807, 2.05) is 13.0 Å². The van der Waals surface area contributed by atoms with E-state index in [0.29, 0.717) is 30.0 Å². The molecule has 0 aromatic rings. The Hall–Kier alpha value is -0.940. The van der Waals surface area contributed by atoms with Gasteiger partial charge in [0.2, 0.25) is 0 Å². The van der Waals surface area contributed by atoms with Gasteiger partial charge in [-0.3, -0.25) is 10.3 Å². The van der Waals surface area contributed by atoms with Gasteiger partial charge in [-0.05, 0) is 92.1 Å². The van der Waals surface area contributed by atoms with E-state index in [0.717, 1.165) is 50.6 Å². The standard InChI is InChI=1S/C21H32NO5P/c1-13(22-27-28(24,25)26)17-6-7-18-16-5-4-14-12-15(23)8-10-20(14,2)19(16)9-11-21(17,18)3/h12,16,18-19,22H,4-11H2,1-3H3,(H2,24,25,26)/b17-13-/t16-,18-,19-,20-,21+/m0/s1. The van der Waals surface area contributed by atoms with Crippen LogP contribution in [0.4, 0.5) is 0 Å². The van der Waals surface area contributed by atoms with Crippen LogP contribution < -0.4 is 5.48 Å². The number of ketones is 1. The molecule has 0 saturated heterocycles. The molecule has 156 valence electrons. The summed E-state index contributed by atoms with van der Waals surface area (Å²) in [6.45, 7) is 6.58. The van der Waals surface area contributed by atoms with Gasteiger partial charge in [0.15, 0.2) is 5.78 Å². The zero-order valence-electron chi connectivity index (χ0n) is 17.0. The Balaban J connectivity index is 1.60. The minimum atomic E-state index is -4.55. The van der Waals surface area contributed by atoms with E-state index in [2.05, 4.69) is 24.0 Å². The van der Waals surface area contributed by atoms with Crippen molar-refractivity contribution < 1.29 is 23.8 Å². The lowest BCUT2D eigenvalue weighted by molar-refractivity contribution is -0.117. The summed E-state index contributed by atoms with van der Waals surface area (Å²) in [5.41, 5.74) is 6.14. The SMILES string of the molecule is C/C(NOP(=O)(O)O)=C1\CC[C@H]2[C@@H]3CCC4=CC(=O)CC[C@]4(C)[C@H]3CC[C@]12C. The second-order valence-corrected chi connectivity index (χ2v) is 10.9. The van der Waals surface area contributed by atoms with E-state index in [-0.39, 0.29) is 10.8 Å².